The lowest BCUT2D eigenvalue weighted by atomic mass is 10.5. The number of hydrogen-bond acceptors (Lipinski definition) is 6. The Labute approximate surface area is 112 Å². The van der Waals surface area contributed by atoms with Gasteiger partial charge in [0.2, 0.25) is 21.2 Å². The van der Waals surface area contributed by atoms with Crippen LogP contribution in [0.4, 0.5) is 5.82 Å². The van der Waals surface area contributed by atoms with E-state index in [2.05, 4.69) is 9.97 Å². The summed E-state index contributed by atoms with van der Waals surface area (Å²) in [5, 5.41) is 10.2. The van der Waals surface area contributed by atoms with Gasteiger partial charge in [-0.25, -0.2) is 13.4 Å². The van der Waals surface area contributed by atoms with Crippen LogP contribution in [0.25, 0.3) is 0 Å². The molecule has 8 nitrogen and oxygen atoms in total. The van der Waals surface area contributed by atoms with E-state index in [4.69, 9.17) is 11.6 Å². The van der Waals surface area contributed by atoms with E-state index in [0.717, 1.165) is 17.1 Å². The van der Waals surface area contributed by atoms with Crippen LogP contribution in [0.15, 0.2) is 34.7 Å². The lowest BCUT2D eigenvalue weighted by Crippen LogP contribution is -2.10. The van der Waals surface area contributed by atoms with Crippen LogP contribution in [-0.2, 0) is 16.9 Å². The summed E-state index contributed by atoms with van der Waals surface area (Å²) < 4.78 is 25.6. The Hall–Kier alpha value is -2.00. The Bertz CT molecular complexity index is 738. The van der Waals surface area contributed by atoms with Crippen LogP contribution < -0.4 is 0 Å². The molecule has 100 valence electrons. The summed E-state index contributed by atoms with van der Waals surface area (Å²) in [5.74, 6) is -0.737. The summed E-state index contributed by atoms with van der Waals surface area (Å²) in [7, 11) is -2.78. The molecular formula is C9H7ClN4O4S. The summed E-state index contributed by atoms with van der Waals surface area (Å²) in [6.07, 6.45) is 2.21. The second kappa shape index (κ2) is 4.59. The molecule has 0 amide bonds. The fourth-order valence-electron chi connectivity index (χ4n) is 1.46. The summed E-state index contributed by atoms with van der Waals surface area (Å²) in [5.41, 5.74) is 0. The van der Waals surface area contributed by atoms with Crippen LogP contribution >= 0.6 is 11.6 Å². The number of rotatable bonds is 3. The minimum Gasteiger partial charge on any atom is -0.358 e. The van der Waals surface area contributed by atoms with E-state index < -0.39 is 25.6 Å². The zero-order chi connectivity index (χ0) is 14.2. The average Bonchev–Trinajstić information content (AvgIpc) is 2.72. The van der Waals surface area contributed by atoms with Gasteiger partial charge in [-0.15, -0.1) is 0 Å². The number of nitro groups is 1. The zero-order valence-corrected chi connectivity index (χ0v) is 11.1. The smallest absolute Gasteiger partial charge is 0.358 e. The number of imidazole rings is 1. The standard InChI is InChI=1S/C9H7ClN4O4S/c1-13-5-12-8(14(15)16)9(13)19(17,18)7-3-2-6(10)4-11-7/h2-5H,1H3. The summed E-state index contributed by atoms with van der Waals surface area (Å²) in [6, 6.07) is 2.51. The first-order valence-corrected chi connectivity index (χ1v) is 6.72. The van der Waals surface area contributed by atoms with Gasteiger partial charge in [-0.2, -0.15) is 0 Å². The number of pyridine rings is 1. The van der Waals surface area contributed by atoms with Crippen molar-refractivity contribution >= 4 is 27.3 Å². The first kappa shape index (κ1) is 13.4. The fraction of sp³-hybridized carbons (Fsp3) is 0.111. The zero-order valence-electron chi connectivity index (χ0n) is 9.52. The molecule has 0 saturated heterocycles. The maximum atomic E-state index is 12.3. The topological polar surface area (TPSA) is 108 Å². The third-order valence-corrected chi connectivity index (χ3v) is 4.26. The van der Waals surface area contributed by atoms with E-state index in [-0.39, 0.29) is 10.0 Å². The molecule has 2 aromatic heterocycles. The molecule has 0 aromatic carbocycles. The Morgan fingerprint density at radius 1 is 1.37 bits per heavy atom. The Morgan fingerprint density at radius 3 is 2.58 bits per heavy atom. The molecule has 0 bridgehead atoms. The highest BCUT2D eigenvalue weighted by molar-refractivity contribution is 7.91. The molecule has 0 aliphatic carbocycles. The molecule has 2 aromatic rings. The largest absolute Gasteiger partial charge is 0.401 e. The summed E-state index contributed by atoms with van der Waals surface area (Å²) in [4.78, 5) is 17.1. The lowest BCUT2D eigenvalue weighted by molar-refractivity contribution is -0.392. The molecule has 0 unspecified atom stereocenters. The van der Waals surface area contributed by atoms with E-state index >= 15 is 0 Å². The predicted molar refractivity (Wildman–Crippen MR) is 64.6 cm³/mol. The van der Waals surface area contributed by atoms with Gasteiger partial charge >= 0.3 is 5.82 Å². The number of halogens is 1. The van der Waals surface area contributed by atoms with Gasteiger partial charge in [0.1, 0.15) is 0 Å². The second-order valence-corrected chi connectivity index (χ2v) is 5.81. The molecule has 10 heteroatoms. The maximum Gasteiger partial charge on any atom is 0.401 e. The second-order valence-electron chi connectivity index (χ2n) is 3.56. The molecule has 0 aliphatic rings. The number of sulfone groups is 1. The number of hydrogen-bond donors (Lipinski definition) is 0. The van der Waals surface area contributed by atoms with Crippen LogP contribution in [0.1, 0.15) is 0 Å². The number of nitrogens with zero attached hydrogens (tertiary/aromatic N) is 4. The third-order valence-electron chi connectivity index (χ3n) is 2.27. The summed E-state index contributed by atoms with van der Waals surface area (Å²) >= 11 is 5.62. The first-order valence-electron chi connectivity index (χ1n) is 4.86. The van der Waals surface area contributed by atoms with Crippen molar-refractivity contribution in [1.82, 2.24) is 14.5 Å². The quantitative estimate of drug-likeness (QED) is 0.623. The van der Waals surface area contributed by atoms with Crippen molar-refractivity contribution in [3.8, 4) is 0 Å². The minimum absolute atomic E-state index is 0.262. The molecule has 0 fully saturated rings. The third kappa shape index (κ3) is 2.29. The van der Waals surface area contributed by atoms with Crippen molar-refractivity contribution < 1.29 is 13.3 Å². The van der Waals surface area contributed by atoms with Crippen molar-refractivity contribution in [3.63, 3.8) is 0 Å². The normalized spacial score (nSPS) is 11.5. The van der Waals surface area contributed by atoms with Gasteiger partial charge in [-0.3, -0.25) is 4.57 Å². The van der Waals surface area contributed by atoms with Crippen LogP contribution in [0.2, 0.25) is 5.02 Å². The van der Waals surface area contributed by atoms with Crippen molar-refractivity contribution in [2.45, 2.75) is 10.1 Å². The van der Waals surface area contributed by atoms with Crippen molar-refractivity contribution in [2.24, 2.45) is 7.05 Å². The monoisotopic (exact) mass is 302 g/mol. The molecule has 0 radical (unpaired) electrons. The highest BCUT2D eigenvalue weighted by Crippen LogP contribution is 2.26. The predicted octanol–water partition coefficient (Wildman–Crippen LogP) is 1.21. The van der Waals surface area contributed by atoms with Crippen LogP contribution in [0.5, 0.6) is 0 Å². The van der Waals surface area contributed by atoms with Gasteiger partial charge in [-0.05, 0) is 22.0 Å². The van der Waals surface area contributed by atoms with Gasteiger partial charge in [0.25, 0.3) is 0 Å². The number of aromatic nitrogens is 3. The Morgan fingerprint density at radius 2 is 2.05 bits per heavy atom. The highest BCUT2D eigenvalue weighted by atomic mass is 35.5. The highest BCUT2D eigenvalue weighted by Gasteiger charge is 2.33. The lowest BCUT2D eigenvalue weighted by Gasteiger charge is -2.03. The molecule has 0 spiro atoms. The van der Waals surface area contributed by atoms with Crippen LogP contribution in [-0.4, -0.2) is 27.9 Å². The van der Waals surface area contributed by atoms with E-state index in [0.29, 0.717) is 0 Å². The van der Waals surface area contributed by atoms with E-state index in [1.54, 1.807) is 0 Å². The SMILES string of the molecule is Cn1cnc([N+](=O)[O-])c1S(=O)(=O)c1ccc(Cl)cn1. The van der Waals surface area contributed by atoms with E-state index in [1.165, 1.54) is 19.2 Å². The summed E-state index contributed by atoms with van der Waals surface area (Å²) in [6.45, 7) is 0. The van der Waals surface area contributed by atoms with Gasteiger partial charge in [0.15, 0.2) is 5.03 Å². The van der Waals surface area contributed by atoms with Crippen molar-refractivity contribution in [1.29, 1.82) is 0 Å². The van der Waals surface area contributed by atoms with Crippen molar-refractivity contribution in [2.75, 3.05) is 0 Å². The molecule has 0 N–H and O–H groups in total. The van der Waals surface area contributed by atoms with Gasteiger partial charge in [0.05, 0.1) is 5.02 Å². The van der Waals surface area contributed by atoms with Crippen LogP contribution in [0, 0.1) is 10.1 Å². The fourth-order valence-corrected chi connectivity index (χ4v) is 3.00. The minimum atomic E-state index is -4.13. The van der Waals surface area contributed by atoms with E-state index in [9.17, 15) is 18.5 Å². The first-order chi connectivity index (χ1) is 8.84. The Balaban J connectivity index is 2.66. The van der Waals surface area contributed by atoms with Crippen LogP contribution in [0.3, 0.4) is 0 Å². The molecule has 0 aliphatic heterocycles. The average molecular weight is 303 g/mol. The molecule has 19 heavy (non-hydrogen) atoms. The van der Waals surface area contributed by atoms with Gasteiger partial charge in [-0.1, -0.05) is 11.6 Å². The molecule has 2 heterocycles. The number of aryl methyl sites for hydroxylation is 1. The van der Waals surface area contributed by atoms with Gasteiger partial charge in [0, 0.05) is 13.2 Å². The molecule has 0 atom stereocenters. The Kier molecular flexibility index (Phi) is 3.25. The van der Waals surface area contributed by atoms with E-state index in [1.807, 2.05) is 0 Å². The maximum absolute atomic E-state index is 12.3. The van der Waals surface area contributed by atoms with Gasteiger partial charge < -0.3 is 10.1 Å². The molecule has 2 rings (SSSR count). The molecule has 0 saturated carbocycles. The molecular weight excluding hydrogens is 296 g/mol. The van der Waals surface area contributed by atoms with Crippen molar-refractivity contribution in [3.05, 3.63) is 39.8 Å².